The van der Waals surface area contributed by atoms with E-state index in [-0.39, 0.29) is 12.5 Å². The number of piperidine rings is 1. The van der Waals surface area contributed by atoms with Crippen molar-refractivity contribution in [2.45, 2.75) is 44.9 Å². The van der Waals surface area contributed by atoms with E-state index in [4.69, 9.17) is 4.74 Å². The van der Waals surface area contributed by atoms with Crippen LogP contribution in [0.3, 0.4) is 0 Å². The Labute approximate surface area is 148 Å². The van der Waals surface area contributed by atoms with E-state index in [1.807, 2.05) is 19.1 Å². The lowest BCUT2D eigenvalue weighted by Crippen LogP contribution is -2.58. The predicted octanol–water partition coefficient (Wildman–Crippen LogP) is 2.12. The third-order valence-electron chi connectivity index (χ3n) is 5.21. The number of hydrogen-bond acceptors (Lipinski definition) is 4. The number of rotatable bonds is 4. The number of carbonyl (C=O) groups excluding carboxylic acids is 1. The lowest BCUT2D eigenvalue weighted by Gasteiger charge is -2.44. The van der Waals surface area contributed by atoms with Crippen LogP contribution < -0.4 is 0 Å². The molecule has 2 aliphatic heterocycles. The number of carboxylic acids is 1. The molecule has 2 heterocycles. The monoisotopic (exact) mass is 346 g/mol. The minimum Gasteiger partial charge on any atom is -0.480 e. The zero-order valence-corrected chi connectivity index (χ0v) is 14.9. The van der Waals surface area contributed by atoms with Crippen molar-refractivity contribution in [3.63, 3.8) is 0 Å². The second kappa shape index (κ2) is 7.14. The number of amides is 1. The van der Waals surface area contributed by atoms with Crippen molar-refractivity contribution in [1.29, 1.82) is 0 Å². The molecule has 25 heavy (non-hydrogen) atoms. The van der Waals surface area contributed by atoms with Gasteiger partial charge in [-0.3, -0.25) is 9.69 Å². The molecule has 1 spiro atoms. The fraction of sp³-hybridized carbons (Fsp3) is 0.579. The summed E-state index contributed by atoms with van der Waals surface area (Å²) in [4.78, 5) is 28.7. The van der Waals surface area contributed by atoms with Gasteiger partial charge in [0.25, 0.3) is 5.91 Å². The normalized spacial score (nSPS) is 23.1. The molecule has 136 valence electrons. The van der Waals surface area contributed by atoms with Gasteiger partial charge < -0.3 is 14.7 Å². The van der Waals surface area contributed by atoms with Gasteiger partial charge in [-0.2, -0.15) is 0 Å². The standard InChI is InChI=1S/C19H26N2O4/c1-3-9-20-10-7-19(8-11-20)21(16(13-25-19)18(23)24)17(22)15-6-4-5-14(2)12-15/h4-6,12,16H,3,7-11,13H2,1-2H3,(H,23,24). The van der Waals surface area contributed by atoms with Gasteiger partial charge >= 0.3 is 5.97 Å². The minimum atomic E-state index is -1.01. The van der Waals surface area contributed by atoms with Crippen molar-refractivity contribution in [1.82, 2.24) is 9.80 Å². The van der Waals surface area contributed by atoms with Crippen LogP contribution >= 0.6 is 0 Å². The summed E-state index contributed by atoms with van der Waals surface area (Å²) >= 11 is 0. The zero-order valence-electron chi connectivity index (χ0n) is 14.9. The second-order valence-corrected chi connectivity index (χ2v) is 7.00. The molecular weight excluding hydrogens is 320 g/mol. The lowest BCUT2D eigenvalue weighted by atomic mass is 9.96. The van der Waals surface area contributed by atoms with Gasteiger partial charge in [0.1, 0.15) is 5.72 Å². The van der Waals surface area contributed by atoms with Crippen molar-refractivity contribution in [2.24, 2.45) is 0 Å². The molecule has 2 saturated heterocycles. The van der Waals surface area contributed by atoms with E-state index in [2.05, 4.69) is 11.8 Å². The highest BCUT2D eigenvalue weighted by Gasteiger charge is 2.53. The van der Waals surface area contributed by atoms with E-state index in [1.54, 1.807) is 12.1 Å². The van der Waals surface area contributed by atoms with Gasteiger partial charge in [-0.15, -0.1) is 0 Å². The minimum absolute atomic E-state index is 0.0562. The molecular formula is C19H26N2O4. The number of nitrogens with zero attached hydrogens (tertiary/aromatic N) is 2. The fourth-order valence-corrected chi connectivity index (χ4v) is 3.92. The van der Waals surface area contributed by atoms with Crippen LogP contribution in [0.25, 0.3) is 0 Å². The first-order chi connectivity index (χ1) is 12.0. The SMILES string of the molecule is CCCN1CCC2(CC1)OCC(C(=O)O)N2C(=O)c1cccc(C)c1. The van der Waals surface area contributed by atoms with Crippen molar-refractivity contribution >= 4 is 11.9 Å². The topological polar surface area (TPSA) is 70.1 Å². The predicted molar refractivity (Wildman–Crippen MR) is 93.4 cm³/mol. The Kier molecular flexibility index (Phi) is 5.11. The summed E-state index contributed by atoms with van der Waals surface area (Å²) in [5, 5.41) is 9.60. The molecule has 0 bridgehead atoms. The van der Waals surface area contributed by atoms with Crippen molar-refractivity contribution in [2.75, 3.05) is 26.2 Å². The van der Waals surface area contributed by atoms with Gasteiger partial charge in [0, 0.05) is 31.5 Å². The molecule has 1 aromatic rings. The summed E-state index contributed by atoms with van der Waals surface area (Å²) in [6.45, 7) is 6.77. The number of hydrogen-bond donors (Lipinski definition) is 1. The summed E-state index contributed by atoms with van der Waals surface area (Å²) < 4.78 is 5.96. The fourth-order valence-electron chi connectivity index (χ4n) is 3.92. The number of benzene rings is 1. The van der Waals surface area contributed by atoms with Gasteiger partial charge in [0.2, 0.25) is 0 Å². The zero-order chi connectivity index (χ0) is 18.0. The van der Waals surface area contributed by atoms with E-state index < -0.39 is 17.7 Å². The molecule has 1 unspecified atom stereocenters. The van der Waals surface area contributed by atoms with Crippen LogP contribution in [0, 0.1) is 6.92 Å². The van der Waals surface area contributed by atoms with Gasteiger partial charge in [0.05, 0.1) is 6.61 Å². The summed E-state index contributed by atoms with van der Waals surface area (Å²) in [5.74, 6) is -1.26. The number of carbonyl (C=O) groups is 2. The summed E-state index contributed by atoms with van der Waals surface area (Å²) in [6.07, 6.45) is 2.38. The molecule has 1 amide bonds. The summed E-state index contributed by atoms with van der Waals surface area (Å²) in [6, 6.07) is 6.37. The third kappa shape index (κ3) is 3.41. The number of aliphatic carboxylic acids is 1. The molecule has 0 aromatic heterocycles. The molecule has 0 saturated carbocycles. The number of carboxylic acid groups (broad SMARTS) is 1. The van der Waals surface area contributed by atoms with E-state index in [0.717, 1.165) is 31.6 Å². The molecule has 1 aromatic carbocycles. The lowest BCUT2D eigenvalue weighted by molar-refractivity contribution is -0.143. The third-order valence-corrected chi connectivity index (χ3v) is 5.21. The highest BCUT2D eigenvalue weighted by Crippen LogP contribution is 2.38. The van der Waals surface area contributed by atoms with Gasteiger partial charge in [0.15, 0.2) is 6.04 Å². The first-order valence-corrected chi connectivity index (χ1v) is 8.96. The molecule has 0 aliphatic carbocycles. The Morgan fingerprint density at radius 1 is 1.32 bits per heavy atom. The van der Waals surface area contributed by atoms with Crippen LogP contribution in [0.15, 0.2) is 24.3 Å². The molecule has 1 N–H and O–H groups in total. The summed E-state index contributed by atoms with van der Waals surface area (Å²) in [5.41, 5.74) is 0.700. The van der Waals surface area contributed by atoms with Crippen LogP contribution in [-0.4, -0.2) is 64.8 Å². The Balaban J connectivity index is 1.88. The van der Waals surface area contributed by atoms with Crippen LogP contribution in [0.2, 0.25) is 0 Å². The average molecular weight is 346 g/mol. The van der Waals surface area contributed by atoms with Crippen LogP contribution in [0.1, 0.15) is 42.1 Å². The molecule has 0 radical (unpaired) electrons. The van der Waals surface area contributed by atoms with E-state index >= 15 is 0 Å². The Morgan fingerprint density at radius 3 is 2.64 bits per heavy atom. The average Bonchev–Trinajstić information content (AvgIpc) is 2.96. The Morgan fingerprint density at radius 2 is 2.04 bits per heavy atom. The molecule has 2 aliphatic rings. The summed E-state index contributed by atoms with van der Waals surface area (Å²) in [7, 11) is 0. The molecule has 1 atom stereocenters. The molecule has 6 heteroatoms. The Bertz CT molecular complexity index is 653. The van der Waals surface area contributed by atoms with Crippen molar-refractivity contribution in [3.8, 4) is 0 Å². The van der Waals surface area contributed by atoms with Crippen LogP contribution in [0.4, 0.5) is 0 Å². The Hall–Kier alpha value is -1.92. The number of aryl methyl sites for hydroxylation is 1. The number of likely N-dealkylation sites (tertiary alicyclic amines) is 1. The van der Waals surface area contributed by atoms with E-state index in [0.29, 0.717) is 18.4 Å². The largest absolute Gasteiger partial charge is 0.480 e. The highest BCUT2D eigenvalue weighted by molar-refractivity contribution is 5.97. The maximum atomic E-state index is 13.2. The molecule has 6 nitrogen and oxygen atoms in total. The van der Waals surface area contributed by atoms with Crippen molar-refractivity contribution in [3.05, 3.63) is 35.4 Å². The highest BCUT2D eigenvalue weighted by atomic mass is 16.5. The van der Waals surface area contributed by atoms with Gasteiger partial charge in [-0.1, -0.05) is 24.6 Å². The van der Waals surface area contributed by atoms with Crippen LogP contribution in [0.5, 0.6) is 0 Å². The quantitative estimate of drug-likeness (QED) is 0.904. The smallest absolute Gasteiger partial charge is 0.328 e. The first kappa shape index (κ1) is 17.9. The van der Waals surface area contributed by atoms with Crippen molar-refractivity contribution < 1.29 is 19.4 Å². The van der Waals surface area contributed by atoms with E-state index in [9.17, 15) is 14.7 Å². The van der Waals surface area contributed by atoms with E-state index in [1.165, 1.54) is 4.90 Å². The second-order valence-electron chi connectivity index (χ2n) is 7.00. The maximum absolute atomic E-state index is 13.2. The maximum Gasteiger partial charge on any atom is 0.328 e. The van der Waals surface area contributed by atoms with Crippen LogP contribution in [-0.2, 0) is 9.53 Å². The first-order valence-electron chi connectivity index (χ1n) is 8.96. The van der Waals surface area contributed by atoms with Gasteiger partial charge in [-0.25, -0.2) is 4.79 Å². The molecule has 2 fully saturated rings. The van der Waals surface area contributed by atoms with Gasteiger partial charge in [-0.05, 0) is 32.0 Å². The molecule has 3 rings (SSSR count). The number of ether oxygens (including phenoxy) is 1.